The predicted octanol–water partition coefficient (Wildman–Crippen LogP) is 0.799. The smallest absolute Gasteiger partial charge is 0.405 e. The van der Waals surface area contributed by atoms with Crippen molar-refractivity contribution in [2.45, 2.75) is 25.5 Å². The number of amides is 3. The topological polar surface area (TPSA) is 89.7 Å². The van der Waals surface area contributed by atoms with Gasteiger partial charge in [-0.15, -0.1) is 0 Å². The quantitative estimate of drug-likeness (QED) is 0.816. The molecule has 0 spiro atoms. The Labute approximate surface area is 110 Å². The summed E-state index contributed by atoms with van der Waals surface area (Å²) in [5, 5.41) is 0. The van der Waals surface area contributed by atoms with Crippen LogP contribution in [0.25, 0.3) is 0 Å². The molecular formula is C13H14N2O4. The standard InChI is InChI=1S/C13H14N2O4/c14-13(18)19-10-6-7-11(16)15(12(10)17)8-9-4-2-1-3-5-9/h1-5,10H,6-8H2,(H2,14,18)/t10-/m0/s1. The fraction of sp³-hybridized carbons (Fsp3) is 0.308. The van der Waals surface area contributed by atoms with E-state index in [9.17, 15) is 14.4 Å². The molecule has 0 radical (unpaired) electrons. The molecule has 1 aromatic rings. The maximum absolute atomic E-state index is 12.0. The molecule has 1 aliphatic heterocycles. The van der Waals surface area contributed by atoms with Crippen LogP contribution in [-0.2, 0) is 20.9 Å². The third kappa shape index (κ3) is 3.09. The second-order valence-electron chi connectivity index (χ2n) is 4.27. The molecule has 0 saturated carbocycles. The van der Waals surface area contributed by atoms with Gasteiger partial charge in [-0.1, -0.05) is 30.3 Å². The van der Waals surface area contributed by atoms with E-state index in [1.165, 1.54) is 0 Å². The Morgan fingerprint density at radius 3 is 2.63 bits per heavy atom. The summed E-state index contributed by atoms with van der Waals surface area (Å²) >= 11 is 0. The lowest BCUT2D eigenvalue weighted by Crippen LogP contribution is -2.49. The highest BCUT2D eigenvalue weighted by Gasteiger charge is 2.36. The molecule has 3 amide bonds. The molecule has 1 aliphatic rings. The highest BCUT2D eigenvalue weighted by Crippen LogP contribution is 2.18. The molecule has 1 fully saturated rings. The fourth-order valence-corrected chi connectivity index (χ4v) is 1.99. The van der Waals surface area contributed by atoms with Gasteiger partial charge in [0, 0.05) is 12.8 Å². The van der Waals surface area contributed by atoms with Crippen molar-refractivity contribution < 1.29 is 19.1 Å². The van der Waals surface area contributed by atoms with Crippen molar-refractivity contribution >= 4 is 17.9 Å². The molecule has 19 heavy (non-hydrogen) atoms. The number of primary amides is 1. The Balaban J connectivity index is 2.11. The number of nitrogens with two attached hydrogens (primary N) is 1. The first-order valence-electron chi connectivity index (χ1n) is 5.92. The van der Waals surface area contributed by atoms with Gasteiger partial charge in [-0.3, -0.25) is 14.5 Å². The molecule has 100 valence electrons. The van der Waals surface area contributed by atoms with E-state index in [1.807, 2.05) is 30.3 Å². The van der Waals surface area contributed by atoms with Crippen molar-refractivity contribution in [1.82, 2.24) is 4.90 Å². The average molecular weight is 262 g/mol. The van der Waals surface area contributed by atoms with Gasteiger partial charge in [0.05, 0.1) is 6.54 Å². The lowest BCUT2D eigenvalue weighted by molar-refractivity contribution is -0.156. The molecule has 6 heteroatoms. The van der Waals surface area contributed by atoms with Gasteiger partial charge in [-0.2, -0.15) is 0 Å². The molecule has 0 bridgehead atoms. The van der Waals surface area contributed by atoms with Gasteiger partial charge in [0.15, 0.2) is 6.10 Å². The Morgan fingerprint density at radius 2 is 2.00 bits per heavy atom. The Morgan fingerprint density at radius 1 is 1.32 bits per heavy atom. The number of hydrogen-bond donors (Lipinski definition) is 1. The van der Waals surface area contributed by atoms with E-state index >= 15 is 0 Å². The van der Waals surface area contributed by atoms with Gasteiger partial charge < -0.3 is 10.5 Å². The van der Waals surface area contributed by atoms with Crippen molar-refractivity contribution in [3.63, 3.8) is 0 Å². The molecule has 2 N–H and O–H groups in total. The minimum atomic E-state index is -1.01. The van der Waals surface area contributed by atoms with Crippen LogP contribution < -0.4 is 5.73 Å². The summed E-state index contributed by atoms with van der Waals surface area (Å²) in [6.07, 6.45) is -1.62. The molecule has 1 aromatic carbocycles. The van der Waals surface area contributed by atoms with Crippen LogP contribution >= 0.6 is 0 Å². The first-order valence-corrected chi connectivity index (χ1v) is 5.92. The Bertz CT molecular complexity index is 501. The number of likely N-dealkylation sites (tertiary alicyclic amines) is 1. The SMILES string of the molecule is NC(=O)O[C@H]1CCC(=O)N(Cc2ccccc2)C1=O. The van der Waals surface area contributed by atoms with Gasteiger partial charge >= 0.3 is 6.09 Å². The zero-order valence-electron chi connectivity index (χ0n) is 10.2. The van der Waals surface area contributed by atoms with Crippen molar-refractivity contribution in [1.29, 1.82) is 0 Å². The first kappa shape index (κ1) is 13.1. The van der Waals surface area contributed by atoms with E-state index < -0.39 is 18.1 Å². The maximum atomic E-state index is 12.0. The molecule has 2 rings (SSSR count). The Kier molecular flexibility index (Phi) is 3.79. The number of carbonyl (C=O) groups excluding carboxylic acids is 3. The van der Waals surface area contributed by atoms with Gasteiger partial charge in [0.1, 0.15) is 0 Å². The Hall–Kier alpha value is -2.37. The van der Waals surface area contributed by atoms with Gasteiger partial charge in [-0.25, -0.2) is 4.79 Å². The monoisotopic (exact) mass is 262 g/mol. The van der Waals surface area contributed by atoms with E-state index in [0.29, 0.717) is 0 Å². The molecule has 0 unspecified atom stereocenters. The van der Waals surface area contributed by atoms with Crippen molar-refractivity contribution in [3.05, 3.63) is 35.9 Å². The summed E-state index contributed by atoms with van der Waals surface area (Å²) in [6.45, 7) is 0.178. The number of nitrogens with zero attached hydrogens (tertiary/aromatic N) is 1. The number of rotatable bonds is 3. The van der Waals surface area contributed by atoms with Crippen molar-refractivity contribution in [2.24, 2.45) is 5.73 Å². The van der Waals surface area contributed by atoms with E-state index in [0.717, 1.165) is 10.5 Å². The average Bonchev–Trinajstić information content (AvgIpc) is 2.39. The zero-order valence-corrected chi connectivity index (χ0v) is 10.2. The second-order valence-corrected chi connectivity index (χ2v) is 4.27. The molecule has 6 nitrogen and oxygen atoms in total. The maximum Gasteiger partial charge on any atom is 0.405 e. The van der Waals surface area contributed by atoms with Crippen LogP contribution in [0, 0.1) is 0 Å². The lowest BCUT2D eigenvalue weighted by atomic mass is 10.1. The molecule has 1 atom stereocenters. The summed E-state index contributed by atoms with van der Waals surface area (Å²) in [4.78, 5) is 35.6. The van der Waals surface area contributed by atoms with Crippen LogP contribution in [0.1, 0.15) is 18.4 Å². The summed E-state index contributed by atoms with van der Waals surface area (Å²) in [6, 6.07) is 9.14. The highest BCUT2D eigenvalue weighted by molar-refractivity contribution is 6.00. The number of ether oxygens (including phenoxy) is 1. The summed E-state index contributed by atoms with van der Waals surface area (Å²) in [5.74, 6) is -0.780. The first-order chi connectivity index (χ1) is 9.08. The fourth-order valence-electron chi connectivity index (χ4n) is 1.99. The minimum Gasteiger partial charge on any atom is -0.436 e. The number of benzene rings is 1. The zero-order chi connectivity index (χ0) is 13.8. The summed E-state index contributed by atoms with van der Waals surface area (Å²) < 4.78 is 4.72. The van der Waals surface area contributed by atoms with E-state index in [-0.39, 0.29) is 25.3 Å². The molecule has 1 heterocycles. The van der Waals surface area contributed by atoms with Gasteiger partial charge in [0.25, 0.3) is 5.91 Å². The van der Waals surface area contributed by atoms with Crippen LogP contribution in [0.4, 0.5) is 4.79 Å². The number of imide groups is 1. The number of hydrogen-bond acceptors (Lipinski definition) is 4. The number of carbonyl (C=O) groups is 3. The number of piperidine rings is 1. The molecular weight excluding hydrogens is 248 g/mol. The van der Waals surface area contributed by atoms with Gasteiger partial charge in [-0.05, 0) is 5.56 Å². The summed E-state index contributed by atoms with van der Waals surface area (Å²) in [5.41, 5.74) is 5.74. The lowest BCUT2D eigenvalue weighted by Gasteiger charge is -2.29. The van der Waals surface area contributed by atoms with Crippen LogP contribution in [0.5, 0.6) is 0 Å². The predicted molar refractivity (Wildman–Crippen MR) is 65.7 cm³/mol. The van der Waals surface area contributed by atoms with E-state index in [4.69, 9.17) is 10.5 Å². The third-order valence-electron chi connectivity index (χ3n) is 2.90. The van der Waals surface area contributed by atoms with Crippen LogP contribution in [0.15, 0.2) is 30.3 Å². The van der Waals surface area contributed by atoms with E-state index in [1.54, 1.807) is 0 Å². The summed E-state index contributed by atoms with van der Waals surface area (Å²) in [7, 11) is 0. The van der Waals surface area contributed by atoms with E-state index in [2.05, 4.69) is 0 Å². The van der Waals surface area contributed by atoms with Crippen LogP contribution in [-0.4, -0.2) is 28.9 Å². The normalized spacial score (nSPS) is 19.4. The van der Waals surface area contributed by atoms with Crippen LogP contribution in [0.2, 0.25) is 0 Å². The largest absolute Gasteiger partial charge is 0.436 e. The van der Waals surface area contributed by atoms with Crippen molar-refractivity contribution in [3.8, 4) is 0 Å². The highest BCUT2D eigenvalue weighted by atomic mass is 16.6. The van der Waals surface area contributed by atoms with Crippen molar-refractivity contribution in [2.75, 3.05) is 0 Å². The minimum absolute atomic E-state index is 0.163. The molecule has 0 aromatic heterocycles. The third-order valence-corrected chi connectivity index (χ3v) is 2.90. The van der Waals surface area contributed by atoms with Gasteiger partial charge in [0.2, 0.25) is 5.91 Å². The molecule has 0 aliphatic carbocycles. The molecule has 1 saturated heterocycles. The second kappa shape index (κ2) is 5.51. The van der Waals surface area contributed by atoms with Crippen LogP contribution in [0.3, 0.4) is 0 Å².